The van der Waals surface area contributed by atoms with Crippen molar-refractivity contribution in [2.24, 2.45) is 40.4 Å². The molecule has 0 aromatic heterocycles. The lowest BCUT2D eigenvalue weighted by Crippen LogP contribution is -2.60. The number of rotatable bonds is 1. The summed E-state index contributed by atoms with van der Waals surface area (Å²) in [6.45, 7) is 4.31. The third-order valence-corrected chi connectivity index (χ3v) is 8.53. The van der Waals surface area contributed by atoms with E-state index in [4.69, 9.17) is 0 Å². The van der Waals surface area contributed by atoms with Crippen molar-refractivity contribution in [1.82, 2.24) is 0 Å². The number of hydrogen-bond acceptors (Lipinski definition) is 4. The largest absolute Gasteiger partial charge is 0.396 e. The van der Waals surface area contributed by atoms with E-state index in [1.165, 1.54) is 0 Å². The lowest BCUT2D eigenvalue weighted by atomic mass is 9.42. The third kappa shape index (κ3) is 1.92. The third-order valence-electron chi connectivity index (χ3n) is 8.53. The Hall–Kier alpha value is -1.03. The summed E-state index contributed by atoms with van der Waals surface area (Å²) in [6, 6.07) is 0. The van der Waals surface area contributed by atoms with Crippen LogP contribution in [0.2, 0.25) is 0 Å². The van der Waals surface area contributed by atoms with Crippen LogP contribution in [0.5, 0.6) is 0 Å². The van der Waals surface area contributed by atoms with Crippen molar-refractivity contribution in [1.29, 1.82) is 0 Å². The highest BCUT2D eigenvalue weighted by Crippen LogP contribution is 2.65. The maximum atomic E-state index is 13.0. The van der Waals surface area contributed by atoms with E-state index in [2.05, 4.69) is 13.8 Å². The zero-order valence-electron chi connectivity index (χ0n) is 14.7. The van der Waals surface area contributed by atoms with Crippen molar-refractivity contribution in [3.8, 4) is 0 Å². The second-order valence-electron chi connectivity index (χ2n) is 9.22. The average Bonchev–Trinajstić information content (AvgIpc) is 2.84. The summed E-state index contributed by atoms with van der Waals surface area (Å²) in [6.07, 6.45) is 4.59. The Morgan fingerprint density at radius 1 is 1.04 bits per heavy atom. The molecule has 4 heteroatoms. The molecule has 4 fully saturated rings. The standard InChI is InChI=1S/C20H28O4/c1-19-6-5-15-18(14(19)3-4-17(19)24)16(23)9-11-7-13(22)8-12(10-21)20(11,15)2/h11-12,14-15,18,21H,3-10H2,1-2H3/t11?,12?,14-,15-,18-,19-,20+/m0/s1. The molecule has 2 unspecified atom stereocenters. The van der Waals surface area contributed by atoms with E-state index in [-0.39, 0.29) is 58.6 Å². The zero-order valence-corrected chi connectivity index (χ0v) is 14.7. The summed E-state index contributed by atoms with van der Waals surface area (Å²) in [5.41, 5.74) is -0.465. The summed E-state index contributed by atoms with van der Waals surface area (Å²) in [5.74, 6) is 1.20. The van der Waals surface area contributed by atoms with E-state index < -0.39 is 0 Å². The fourth-order valence-electron chi connectivity index (χ4n) is 7.00. The Morgan fingerprint density at radius 2 is 1.79 bits per heavy atom. The Balaban J connectivity index is 1.75. The van der Waals surface area contributed by atoms with E-state index in [1.54, 1.807) is 0 Å². The van der Waals surface area contributed by atoms with Crippen LogP contribution in [-0.2, 0) is 14.4 Å². The van der Waals surface area contributed by atoms with Gasteiger partial charge in [-0.1, -0.05) is 13.8 Å². The van der Waals surface area contributed by atoms with Crippen LogP contribution in [0.4, 0.5) is 0 Å². The number of aliphatic hydroxyl groups excluding tert-OH is 1. The van der Waals surface area contributed by atoms with Gasteiger partial charge in [0.15, 0.2) is 0 Å². The van der Waals surface area contributed by atoms with Gasteiger partial charge in [0, 0.05) is 43.6 Å². The molecular weight excluding hydrogens is 304 g/mol. The second-order valence-corrected chi connectivity index (χ2v) is 9.22. The molecule has 0 spiro atoms. The molecule has 0 aliphatic heterocycles. The van der Waals surface area contributed by atoms with Crippen molar-refractivity contribution in [3.63, 3.8) is 0 Å². The molecule has 4 aliphatic rings. The van der Waals surface area contributed by atoms with E-state index in [1.807, 2.05) is 0 Å². The quantitative estimate of drug-likeness (QED) is 0.801. The molecule has 0 aromatic rings. The Labute approximate surface area is 143 Å². The predicted octanol–water partition coefficient (Wildman–Crippen LogP) is 2.56. The summed E-state index contributed by atoms with van der Waals surface area (Å²) in [7, 11) is 0. The van der Waals surface area contributed by atoms with Crippen LogP contribution in [-0.4, -0.2) is 29.1 Å². The van der Waals surface area contributed by atoms with Gasteiger partial charge in [-0.05, 0) is 48.3 Å². The van der Waals surface area contributed by atoms with E-state index in [0.29, 0.717) is 31.5 Å². The van der Waals surface area contributed by atoms with Gasteiger partial charge < -0.3 is 5.11 Å². The Morgan fingerprint density at radius 3 is 2.50 bits per heavy atom. The molecule has 4 rings (SSSR count). The zero-order chi connectivity index (χ0) is 17.3. The number of Topliss-reactive ketones (excluding diaryl/α,β-unsaturated/α-hetero) is 3. The average molecular weight is 332 g/mol. The maximum absolute atomic E-state index is 13.0. The van der Waals surface area contributed by atoms with Gasteiger partial charge in [0.2, 0.25) is 0 Å². The second kappa shape index (κ2) is 5.23. The van der Waals surface area contributed by atoms with E-state index >= 15 is 0 Å². The lowest BCUT2D eigenvalue weighted by Gasteiger charge is -2.60. The van der Waals surface area contributed by atoms with Crippen molar-refractivity contribution in [3.05, 3.63) is 0 Å². The van der Waals surface area contributed by atoms with E-state index in [0.717, 1.165) is 19.3 Å². The molecule has 4 saturated carbocycles. The molecule has 1 N–H and O–H groups in total. The van der Waals surface area contributed by atoms with Gasteiger partial charge in [-0.15, -0.1) is 0 Å². The number of aliphatic hydroxyl groups is 1. The molecule has 132 valence electrons. The number of ketones is 3. The Kier molecular flexibility index (Phi) is 3.58. The van der Waals surface area contributed by atoms with Crippen LogP contribution in [0.25, 0.3) is 0 Å². The summed E-state index contributed by atoms with van der Waals surface area (Å²) in [5, 5.41) is 9.96. The molecule has 0 aromatic carbocycles. The first kappa shape index (κ1) is 16.4. The van der Waals surface area contributed by atoms with Crippen molar-refractivity contribution >= 4 is 17.3 Å². The van der Waals surface area contributed by atoms with Gasteiger partial charge in [-0.3, -0.25) is 14.4 Å². The van der Waals surface area contributed by atoms with Gasteiger partial charge in [-0.25, -0.2) is 0 Å². The minimum absolute atomic E-state index is 0.0248. The highest BCUT2D eigenvalue weighted by atomic mass is 16.3. The normalized spacial score (nSPS) is 51.1. The maximum Gasteiger partial charge on any atom is 0.139 e. The molecule has 0 bridgehead atoms. The summed E-state index contributed by atoms with van der Waals surface area (Å²) >= 11 is 0. The molecule has 4 aliphatic carbocycles. The van der Waals surface area contributed by atoms with Gasteiger partial charge in [0.1, 0.15) is 17.3 Å². The smallest absolute Gasteiger partial charge is 0.139 e. The minimum Gasteiger partial charge on any atom is -0.396 e. The molecular formula is C20H28O4. The molecule has 0 amide bonds. The number of fused-ring (bicyclic) bond motifs is 5. The van der Waals surface area contributed by atoms with Crippen molar-refractivity contribution in [2.75, 3.05) is 6.61 Å². The lowest BCUT2D eigenvalue weighted by molar-refractivity contribution is -0.169. The fraction of sp³-hybridized carbons (Fsp3) is 0.850. The topological polar surface area (TPSA) is 71.4 Å². The van der Waals surface area contributed by atoms with Gasteiger partial charge in [0.05, 0.1) is 0 Å². The number of hydrogen-bond donors (Lipinski definition) is 1. The molecule has 7 atom stereocenters. The minimum atomic E-state index is -0.320. The van der Waals surface area contributed by atoms with Crippen LogP contribution in [0.1, 0.15) is 58.8 Å². The summed E-state index contributed by atoms with van der Waals surface area (Å²) in [4.78, 5) is 37.6. The highest BCUT2D eigenvalue weighted by Gasteiger charge is 2.64. The monoisotopic (exact) mass is 332 g/mol. The van der Waals surface area contributed by atoms with Gasteiger partial charge in [-0.2, -0.15) is 0 Å². The van der Waals surface area contributed by atoms with Crippen molar-refractivity contribution in [2.45, 2.75) is 58.8 Å². The molecule has 0 heterocycles. The highest BCUT2D eigenvalue weighted by molar-refractivity contribution is 5.91. The molecule has 0 radical (unpaired) electrons. The summed E-state index contributed by atoms with van der Waals surface area (Å²) < 4.78 is 0. The van der Waals surface area contributed by atoms with Gasteiger partial charge in [0.25, 0.3) is 0 Å². The van der Waals surface area contributed by atoms with Gasteiger partial charge >= 0.3 is 0 Å². The number of carbonyl (C=O) groups excluding carboxylic acids is 3. The first-order valence-electron chi connectivity index (χ1n) is 9.51. The Bertz CT molecular complexity index is 611. The number of carbonyl (C=O) groups is 3. The van der Waals surface area contributed by atoms with Crippen LogP contribution in [0.15, 0.2) is 0 Å². The first-order chi connectivity index (χ1) is 11.3. The molecule has 4 nitrogen and oxygen atoms in total. The van der Waals surface area contributed by atoms with Crippen LogP contribution < -0.4 is 0 Å². The van der Waals surface area contributed by atoms with Crippen LogP contribution in [0, 0.1) is 40.4 Å². The van der Waals surface area contributed by atoms with Crippen LogP contribution in [0.3, 0.4) is 0 Å². The predicted molar refractivity (Wildman–Crippen MR) is 88.1 cm³/mol. The van der Waals surface area contributed by atoms with Crippen LogP contribution >= 0.6 is 0 Å². The first-order valence-corrected chi connectivity index (χ1v) is 9.51. The molecule has 0 saturated heterocycles. The molecule has 24 heavy (non-hydrogen) atoms. The fourth-order valence-corrected chi connectivity index (χ4v) is 7.00. The van der Waals surface area contributed by atoms with Crippen molar-refractivity contribution < 1.29 is 19.5 Å². The van der Waals surface area contributed by atoms with E-state index in [9.17, 15) is 19.5 Å². The SMILES string of the molecule is C[C@]12C(CO)CC(=O)CC1CC(=O)[C@@H]1[C@@H]2CC[C@]2(C)C(=O)CC[C@@H]12.